The molecule has 188 valence electrons. The van der Waals surface area contributed by atoms with Crippen molar-refractivity contribution in [2.75, 3.05) is 30.9 Å². The Morgan fingerprint density at radius 2 is 1.51 bits per heavy atom. The number of carbonyl (C=O) groups is 2. The number of hydrogen-bond donors (Lipinski definition) is 1. The predicted octanol–water partition coefficient (Wildman–Crippen LogP) is 5.37. The van der Waals surface area contributed by atoms with E-state index in [9.17, 15) is 22.8 Å². The molecular weight excluding hydrogens is 501 g/mol. The van der Waals surface area contributed by atoms with Crippen LogP contribution in [0.4, 0.5) is 18.9 Å². The first kappa shape index (κ1) is 24.6. The van der Waals surface area contributed by atoms with Crippen molar-refractivity contribution in [2.24, 2.45) is 0 Å². The average Bonchev–Trinajstić information content (AvgIpc) is 2.93. The molecule has 6 nitrogen and oxygen atoms in total. The van der Waals surface area contributed by atoms with E-state index in [-0.39, 0.29) is 48.9 Å². The average molecular weight is 523 g/mol. The van der Waals surface area contributed by atoms with Gasteiger partial charge in [-0.25, -0.2) is 13.2 Å². The lowest BCUT2D eigenvalue weighted by Crippen LogP contribution is -2.50. The highest BCUT2D eigenvalue weighted by atomic mass is 32.2. The summed E-state index contributed by atoms with van der Waals surface area (Å²) in [5.74, 6) is -3.87. The second-order valence-corrected chi connectivity index (χ2v) is 9.26. The summed E-state index contributed by atoms with van der Waals surface area (Å²) in [6.07, 6.45) is 1.70. The summed E-state index contributed by atoms with van der Waals surface area (Å²) in [5, 5.41) is 0.971. The van der Waals surface area contributed by atoms with Crippen molar-refractivity contribution in [3.8, 4) is 0 Å². The number of fused-ring (bicyclic) bond motifs is 1. The third-order valence-corrected chi connectivity index (χ3v) is 6.99. The zero-order chi connectivity index (χ0) is 25.9. The third-order valence-electron chi connectivity index (χ3n) is 6.12. The molecule has 1 fully saturated rings. The molecule has 0 spiro atoms. The second-order valence-electron chi connectivity index (χ2n) is 8.42. The van der Waals surface area contributed by atoms with Crippen LogP contribution in [0.2, 0.25) is 0 Å². The van der Waals surface area contributed by atoms with E-state index in [1.54, 1.807) is 6.20 Å². The summed E-state index contributed by atoms with van der Waals surface area (Å²) < 4.78 is 45.3. The molecule has 5 rings (SSSR count). The van der Waals surface area contributed by atoms with Crippen molar-refractivity contribution in [3.63, 3.8) is 0 Å². The molecule has 1 aliphatic rings. The number of halogens is 3. The lowest BCUT2D eigenvalue weighted by molar-refractivity contribution is 0.0532. The van der Waals surface area contributed by atoms with Gasteiger partial charge in [0.25, 0.3) is 11.8 Å². The molecule has 1 N–H and O–H groups in total. The highest BCUT2D eigenvalue weighted by Gasteiger charge is 2.28. The normalized spacial score (nSPS) is 13.6. The van der Waals surface area contributed by atoms with E-state index in [0.29, 0.717) is 0 Å². The van der Waals surface area contributed by atoms with E-state index in [1.165, 1.54) is 52.1 Å². The molecule has 0 saturated carbocycles. The molecule has 1 aromatic heterocycles. The first-order valence-electron chi connectivity index (χ1n) is 11.5. The molecule has 2 heterocycles. The summed E-state index contributed by atoms with van der Waals surface area (Å²) >= 11 is 1.23. The number of rotatable bonds is 5. The van der Waals surface area contributed by atoms with Crippen molar-refractivity contribution in [1.29, 1.82) is 0 Å². The van der Waals surface area contributed by atoms with Gasteiger partial charge in [-0.3, -0.25) is 14.6 Å². The number of anilines is 1. The topological polar surface area (TPSA) is 65.5 Å². The maximum absolute atomic E-state index is 14.8. The van der Waals surface area contributed by atoms with Gasteiger partial charge in [-0.15, -0.1) is 0 Å². The van der Waals surface area contributed by atoms with Crippen LogP contribution < -0.4 is 4.72 Å². The third kappa shape index (κ3) is 5.10. The summed E-state index contributed by atoms with van der Waals surface area (Å²) in [5.41, 5.74) is 0.854. The quantitative estimate of drug-likeness (QED) is 0.357. The first-order valence-corrected chi connectivity index (χ1v) is 12.3. The largest absolute Gasteiger partial charge is 0.335 e. The minimum absolute atomic E-state index is 0.151. The van der Waals surface area contributed by atoms with Gasteiger partial charge in [-0.1, -0.05) is 24.3 Å². The van der Waals surface area contributed by atoms with Gasteiger partial charge in [0.15, 0.2) is 11.6 Å². The van der Waals surface area contributed by atoms with Gasteiger partial charge in [-0.2, -0.15) is 0 Å². The lowest BCUT2D eigenvalue weighted by Gasteiger charge is -2.35. The molecule has 1 saturated heterocycles. The molecular formula is C27H21F3N4O2S. The van der Waals surface area contributed by atoms with E-state index >= 15 is 0 Å². The Labute approximate surface area is 215 Å². The van der Waals surface area contributed by atoms with Gasteiger partial charge in [-0.05, 0) is 54.4 Å². The maximum atomic E-state index is 14.8. The number of pyridine rings is 1. The van der Waals surface area contributed by atoms with Gasteiger partial charge in [0.05, 0.1) is 21.7 Å². The molecule has 2 amide bonds. The Kier molecular flexibility index (Phi) is 7.00. The van der Waals surface area contributed by atoms with Crippen LogP contribution in [-0.4, -0.2) is 52.8 Å². The molecule has 4 aromatic rings. The fraction of sp³-hybridized carbons (Fsp3) is 0.148. The van der Waals surface area contributed by atoms with Crippen LogP contribution in [0.3, 0.4) is 0 Å². The number of nitrogens with one attached hydrogen (secondary N) is 1. The number of amides is 2. The molecule has 0 radical (unpaired) electrons. The highest BCUT2D eigenvalue weighted by Crippen LogP contribution is 2.29. The standard InChI is InChI=1S/C27H21F3N4O2S/c28-20-7-2-6-19(24(20)30)27(36)34-14-12-33(13-15-34)26(35)18-9-10-22(21(29)16-18)32-37-23-8-1-4-17-5-3-11-31-25(17)23/h1-11,16,32H,12-15H2. The van der Waals surface area contributed by atoms with Gasteiger partial charge in [0.1, 0.15) is 5.82 Å². The molecule has 1 aliphatic heterocycles. The van der Waals surface area contributed by atoms with Crippen LogP contribution in [-0.2, 0) is 0 Å². The van der Waals surface area contributed by atoms with Gasteiger partial charge in [0.2, 0.25) is 0 Å². The second kappa shape index (κ2) is 10.5. The zero-order valence-electron chi connectivity index (χ0n) is 19.5. The van der Waals surface area contributed by atoms with Gasteiger partial charge >= 0.3 is 0 Å². The van der Waals surface area contributed by atoms with Crippen molar-refractivity contribution >= 4 is 40.4 Å². The summed E-state index contributed by atoms with van der Waals surface area (Å²) in [6, 6.07) is 17.2. The summed E-state index contributed by atoms with van der Waals surface area (Å²) in [4.78, 5) is 33.6. The molecule has 0 aliphatic carbocycles. The monoisotopic (exact) mass is 522 g/mol. The minimum atomic E-state index is -1.19. The van der Waals surface area contributed by atoms with Crippen LogP contribution in [0, 0.1) is 17.5 Å². The molecule has 0 unspecified atom stereocenters. The van der Waals surface area contributed by atoms with Crippen LogP contribution in [0.25, 0.3) is 10.9 Å². The Balaban J connectivity index is 1.21. The Morgan fingerprint density at radius 3 is 2.27 bits per heavy atom. The number of para-hydroxylation sites is 1. The molecule has 0 atom stereocenters. The number of benzene rings is 3. The Hall–Kier alpha value is -4.05. The van der Waals surface area contributed by atoms with Gasteiger partial charge < -0.3 is 14.5 Å². The molecule has 10 heteroatoms. The van der Waals surface area contributed by atoms with Crippen LogP contribution in [0.15, 0.2) is 77.8 Å². The van der Waals surface area contributed by atoms with E-state index in [1.807, 2.05) is 30.3 Å². The number of aromatic nitrogens is 1. The maximum Gasteiger partial charge on any atom is 0.257 e. The fourth-order valence-corrected chi connectivity index (χ4v) is 4.93. The smallest absolute Gasteiger partial charge is 0.257 e. The summed E-state index contributed by atoms with van der Waals surface area (Å²) in [7, 11) is 0. The molecule has 37 heavy (non-hydrogen) atoms. The van der Waals surface area contributed by atoms with E-state index in [4.69, 9.17) is 0 Å². The van der Waals surface area contributed by atoms with Gasteiger partial charge in [0, 0.05) is 43.3 Å². The van der Waals surface area contributed by atoms with E-state index < -0.39 is 23.4 Å². The number of nitrogens with zero attached hydrogens (tertiary/aromatic N) is 3. The minimum Gasteiger partial charge on any atom is -0.335 e. The van der Waals surface area contributed by atoms with Crippen molar-refractivity contribution in [1.82, 2.24) is 14.8 Å². The van der Waals surface area contributed by atoms with Crippen molar-refractivity contribution in [3.05, 3.63) is 102 Å². The molecule has 0 bridgehead atoms. The highest BCUT2D eigenvalue weighted by molar-refractivity contribution is 8.00. The zero-order valence-corrected chi connectivity index (χ0v) is 20.3. The SMILES string of the molecule is O=C(c1ccc(NSc2cccc3cccnc23)c(F)c1)N1CCN(C(=O)c2cccc(F)c2F)CC1. The van der Waals surface area contributed by atoms with Crippen LogP contribution in [0.1, 0.15) is 20.7 Å². The number of hydrogen-bond acceptors (Lipinski definition) is 5. The Bertz CT molecular complexity index is 1490. The lowest BCUT2D eigenvalue weighted by atomic mass is 10.1. The number of piperazine rings is 1. The van der Waals surface area contributed by atoms with Crippen LogP contribution in [0.5, 0.6) is 0 Å². The Morgan fingerprint density at radius 1 is 0.811 bits per heavy atom. The van der Waals surface area contributed by atoms with Crippen molar-refractivity contribution < 1.29 is 22.8 Å². The van der Waals surface area contributed by atoms with E-state index in [2.05, 4.69) is 9.71 Å². The van der Waals surface area contributed by atoms with Crippen molar-refractivity contribution in [2.45, 2.75) is 4.90 Å². The molecule has 3 aromatic carbocycles. The van der Waals surface area contributed by atoms with E-state index in [0.717, 1.165) is 21.9 Å². The first-order chi connectivity index (χ1) is 17.9. The summed E-state index contributed by atoms with van der Waals surface area (Å²) in [6.45, 7) is 0.677. The number of carbonyl (C=O) groups excluding carboxylic acids is 2. The predicted molar refractivity (Wildman–Crippen MR) is 136 cm³/mol. The fourth-order valence-electron chi connectivity index (χ4n) is 4.13. The van der Waals surface area contributed by atoms with Crippen LogP contribution >= 0.6 is 11.9 Å².